The number of benzene rings is 1. The summed E-state index contributed by atoms with van der Waals surface area (Å²) in [7, 11) is 0. The van der Waals surface area contributed by atoms with Crippen LogP contribution in [-0.2, 0) is 6.42 Å². The van der Waals surface area contributed by atoms with Gasteiger partial charge in [-0.25, -0.2) is 0 Å². The number of hydrogen-bond donors (Lipinski definition) is 1. The Balaban J connectivity index is 1.99. The Hall–Kier alpha value is -1.23. The Labute approximate surface area is 90.7 Å². The van der Waals surface area contributed by atoms with Crippen LogP contribution in [0, 0.1) is 0 Å². The zero-order valence-electron chi connectivity index (χ0n) is 8.42. The van der Waals surface area contributed by atoms with Crippen molar-refractivity contribution in [3.63, 3.8) is 0 Å². The van der Waals surface area contributed by atoms with Gasteiger partial charge >= 0.3 is 6.36 Å². The molecule has 0 aliphatic heterocycles. The number of alkyl halides is 3. The molecule has 2 nitrogen and oxygen atoms in total. The van der Waals surface area contributed by atoms with E-state index in [2.05, 4.69) is 4.74 Å². The molecule has 16 heavy (non-hydrogen) atoms. The molecule has 5 heteroatoms. The zero-order chi connectivity index (χ0) is 11.8. The average Bonchev–Trinajstić information content (AvgIpc) is 2.85. The van der Waals surface area contributed by atoms with E-state index in [0.29, 0.717) is 6.42 Å². The van der Waals surface area contributed by atoms with Gasteiger partial charge in [0, 0.05) is 6.42 Å². The van der Waals surface area contributed by atoms with E-state index >= 15 is 0 Å². The Morgan fingerprint density at radius 3 is 2.19 bits per heavy atom. The van der Waals surface area contributed by atoms with Crippen LogP contribution in [0.1, 0.15) is 18.4 Å². The maximum absolute atomic E-state index is 11.9. The Morgan fingerprint density at radius 2 is 1.75 bits per heavy atom. The van der Waals surface area contributed by atoms with E-state index in [4.69, 9.17) is 0 Å². The first-order chi connectivity index (χ1) is 7.36. The van der Waals surface area contributed by atoms with E-state index in [1.54, 1.807) is 0 Å². The van der Waals surface area contributed by atoms with Crippen molar-refractivity contribution < 1.29 is 23.0 Å². The van der Waals surface area contributed by atoms with Gasteiger partial charge in [0.25, 0.3) is 0 Å². The molecule has 0 radical (unpaired) electrons. The maximum atomic E-state index is 11.9. The minimum atomic E-state index is -4.66. The van der Waals surface area contributed by atoms with Crippen LogP contribution in [0.3, 0.4) is 0 Å². The normalized spacial score (nSPS) is 18.2. The topological polar surface area (TPSA) is 29.5 Å². The van der Waals surface area contributed by atoms with E-state index in [1.807, 2.05) is 0 Å². The standard InChI is InChI=1S/C11H11F3O2/c12-11(13,14)16-9-3-1-8(2-4-9)7-10(15)5-6-10/h1-4,15H,5-7H2. The van der Waals surface area contributed by atoms with E-state index < -0.39 is 12.0 Å². The molecule has 0 bridgehead atoms. The van der Waals surface area contributed by atoms with Crippen LogP contribution in [0.5, 0.6) is 5.75 Å². The fourth-order valence-electron chi connectivity index (χ4n) is 1.51. The third kappa shape index (κ3) is 3.13. The summed E-state index contributed by atoms with van der Waals surface area (Å²) in [5.41, 5.74) is 0.182. The van der Waals surface area contributed by atoms with Crippen LogP contribution in [0.2, 0.25) is 0 Å². The average molecular weight is 232 g/mol. The van der Waals surface area contributed by atoms with Gasteiger partial charge in [0.05, 0.1) is 5.60 Å². The van der Waals surface area contributed by atoms with E-state index in [9.17, 15) is 18.3 Å². The highest BCUT2D eigenvalue weighted by Gasteiger charge is 2.40. The molecule has 1 saturated carbocycles. The molecule has 0 heterocycles. The second-order valence-corrected chi connectivity index (χ2v) is 4.09. The summed E-state index contributed by atoms with van der Waals surface area (Å²) in [6.45, 7) is 0. The first kappa shape index (κ1) is 11.3. The van der Waals surface area contributed by atoms with Crippen molar-refractivity contribution in [3.8, 4) is 5.75 Å². The second kappa shape index (κ2) is 3.66. The van der Waals surface area contributed by atoms with Crippen LogP contribution in [-0.4, -0.2) is 17.1 Å². The lowest BCUT2D eigenvalue weighted by atomic mass is 10.1. The number of hydrogen-bond acceptors (Lipinski definition) is 2. The largest absolute Gasteiger partial charge is 0.573 e. The summed E-state index contributed by atoms with van der Waals surface area (Å²) >= 11 is 0. The lowest BCUT2D eigenvalue weighted by molar-refractivity contribution is -0.274. The molecule has 1 aliphatic carbocycles. The first-order valence-corrected chi connectivity index (χ1v) is 4.93. The van der Waals surface area contributed by atoms with Crippen LogP contribution >= 0.6 is 0 Å². The first-order valence-electron chi connectivity index (χ1n) is 4.93. The Bertz CT molecular complexity index is 340. The fourth-order valence-corrected chi connectivity index (χ4v) is 1.51. The number of aliphatic hydroxyl groups is 1. The van der Waals surface area contributed by atoms with Gasteiger partial charge in [-0.1, -0.05) is 12.1 Å². The SMILES string of the molecule is OC1(Cc2ccc(OC(F)(F)F)cc2)CC1. The molecule has 0 unspecified atom stereocenters. The molecule has 1 aromatic rings. The Morgan fingerprint density at radius 1 is 1.19 bits per heavy atom. The van der Waals surface area contributed by atoms with Gasteiger partial charge in [-0.15, -0.1) is 13.2 Å². The minimum absolute atomic E-state index is 0.237. The Kier molecular flexibility index (Phi) is 2.58. The van der Waals surface area contributed by atoms with Gasteiger partial charge in [-0.3, -0.25) is 0 Å². The third-order valence-electron chi connectivity index (χ3n) is 2.52. The summed E-state index contributed by atoms with van der Waals surface area (Å²) in [6, 6.07) is 5.60. The van der Waals surface area contributed by atoms with Gasteiger partial charge in [0.1, 0.15) is 5.75 Å². The van der Waals surface area contributed by atoms with Crippen LogP contribution in [0.25, 0.3) is 0 Å². The van der Waals surface area contributed by atoms with Gasteiger partial charge < -0.3 is 9.84 Å². The molecule has 1 aromatic carbocycles. The van der Waals surface area contributed by atoms with Crippen LogP contribution < -0.4 is 4.74 Å². The van der Waals surface area contributed by atoms with E-state index in [1.165, 1.54) is 24.3 Å². The molecule has 0 saturated heterocycles. The molecule has 2 rings (SSSR count). The summed E-state index contributed by atoms with van der Waals surface area (Å²) < 4.78 is 39.3. The number of halogens is 3. The molecular formula is C11H11F3O2. The molecule has 1 aliphatic rings. The summed E-state index contributed by atoms with van der Waals surface area (Å²) in [6.07, 6.45) is -2.66. The predicted octanol–water partition coefficient (Wildman–Crippen LogP) is 2.65. The number of ether oxygens (including phenoxy) is 1. The fraction of sp³-hybridized carbons (Fsp3) is 0.455. The third-order valence-corrected chi connectivity index (χ3v) is 2.52. The van der Waals surface area contributed by atoms with E-state index in [-0.39, 0.29) is 5.75 Å². The maximum Gasteiger partial charge on any atom is 0.573 e. The van der Waals surface area contributed by atoms with Gasteiger partial charge in [0.15, 0.2) is 0 Å². The molecule has 88 valence electrons. The highest BCUT2D eigenvalue weighted by molar-refractivity contribution is 5.29. The highest BCUT2D eigenvalue weighted by atomic mass is 19.4. The smallest absolute Gasteiger partial charge is 0.406 e. The van der Waals surface area contributed by atoms with Gasteiger partial charge in [0.2, 0.25) is 0 Å². The predicted molar refractivity (Wildman–Crippen MR) is 51.0 cm³/mol. The van der Waals surface area contributed by atoms with Crippen molar-refractivity contribution in [2.75, 3.05) is 0 Å². The molecule has 1 fully saturated rings. The lowest BCUT2D eigenvalue weighted by Crippen LogP contribution is -2.17. The quantitative estimate of drug-likeness (QED) is 0.868. The summed E-state index contributed by atoms with van der Waals surface area (Å²) in [4.78, 5) is 0. The van der Waals surface area contributed by atoms with Crippen molar-refractivity contribution in [2.24, 2.45) is 0 Å². The van der Waals surface area contributed by atoms with Gasteiger partial charge in [-0.2, -0.15) is 0 Å². The monoisotopic (exact) mass is 232 g/mol. The van der Waals surface area contributed by atoms with Crippen molar-refractivity contribution in [1.82, 2.24) is 0 Å². The van der Waals surface area contributed by atoms with Crippen LogP contribution in [0.15, 0.2) is 24.3 Å². The van der Waals surface area contributed by atoms with E-state index in [0.717, 1.165) is 18.4 Å². The van der Waals surface area contributed by atoms with Crippen LogP contribution in [0.4, 0.5) is 13.2 Å². The summed E-state index contributed by atoms with van der Waals surface area (Å²) in [5.74, 6) is -0.237. The highest BCUT2D eigenvalue weighted by Crippen LogP contribution is 2.38. The molecular weight excluding hydrogens is 221 g/mol. The second-order valence-electron chi connectivity index (χ2n) is 4.09. The molecule has 0 aromatic heterocycles. The van der Waals surface area contributed by atoms with Crippen molar-refractivity contribution in [3.05, 3.63) is 29.8 Å². The zero-order valence-corrected chi connectivity index (χ0v) is 8.42. The molecule has 0 atom stereocenters. The van der Waals surface area contributed by atoms with Crippen molar-refractivity contribution >= 4 is 0 Å². The minimum Gasteiger partial charge on any atom is -0.406 e. The number of rotatable bonds is 3. The lowest BCUT2D eigenvalue weighted by Gasteiger charge is -2.10. The van der Waals surface area contributed by atoms with Crippen molar-refractivity contribution in [1.29, 1.82) is 0 Å². The summed E-state index contributed by atoms with van der Waals surface area (Å²) in [5, 5.41) is 9.63. The van der Waals surface area contributed by atoms with Crippen molar-refractivity contribution in [2.45, 2.75) is 31.2 Å². The molecule has 0 spiro atoms. The van der Waals surface area contributed by atoms with Gasteiger partial charge in [-0.05, 0) is 30.5 Å². The molecule has 0 amide bonds. The molecule has 1 N–H and O–H groups in total.